The van der Waals surface area contributed by atoms with E-state index in [9.17, 15) is 14.4 Å². The highest BCUT2D eigenvalue weighted by Gasteiger charge is 2.18. The Morgan fingerprint density at radius 2 is 1.47 bits per heavy atom. The Kier molecular flexibility index (Phi) is 7.20. The average molecular weight is 488 g/mol. The number of fused-ring (bicyclic) bond motifs is 1. The zero-order valence-electron chi connectivity index (χ0n) is 20.0. The van der Waals surface area contributed by atoms with E-state index >= 15 is 0 Å². The van der Waals surface area contributed by atoms with Crippen LogP contribution in [0.15, 0.2) is 77.7 Å². The number of rotatable bonds is 8. The number of amides is 2. The molecule has 0 aliphatic heterocycles. The van der Waals surface area contributed by atoms with E-state index in [0.29, 0.717) is 39.4 Å². The quantitative estimate of drug-likeness (QED) is 0.395. The van der Waals surface area contributed by atoms with Crippen molar-refractivity contribution in [3.8, 4) is 22.9 Å². The van der Waals surface area contributed by atoms with Crippen LogP contribution >= 0.6 is 0 Å². The van der Waals surface area contributed by atoms with Crippen LogP contribution in [0.25, 0.3) is 16.5 Å². The van der Waals surface area contributed by atoms with Crippen molar-refractivity contribution >= 4 is 28.3 Å². The molecule has 0 aliphatic rings. The highest BCUT2D eigenvalue weighted by atomic mass is 16.5. The van der Waals surface area contributed by atoms with Crippen molar-refractivity contribution < 1.29 is 23.8 Å². The largest absolute Gasteiger partial charge is 0.495 e. The van der Waals surface area contributed by atoms with Gasteiger partial charge in [-0.1, -0.05) is 30.3 Å². The molecule has 9 nitrogen and oxygen atoms in total. The number of nitrogens with zero attached hydrogens (tertiary/aromatic N) is 1. The summed E-state index contributed by atoms with van der Waals surface area (Å²) in [6.07, 6.45) is 1.46. The molecule has 2 N–H and O–H groups in total. The lowest BCUT2D eigenvalue weighted by Gasteiger charge is -2.15. The second kappa shape index (κ2) is 10.6. The Morgan fingerprint density at radius 1 is 0.806 bits per heavy atom. The third-order valence-corrected chi connectivity index (χ3v) is 5.59. The van der Waals surface area contributed by atoms with Gasteiger partial charge in [0.15, 0.2) is 11.5 Å². The highest BCUT2D eigenvalue weighted by Crippen LogP contribution is 2.29. The fourth-order valence-corrected chi connectivity index (χ4v) is 3.86. The van der Waals surface area contributed by atoms with Crippen LogP contribution < -0.4 is 30.4 Å². The van der Waals surface area contributed by atoms with E-state index in [2.05, 4.69) is 10.6 Å². The van der Waals surface area contributed by atoms with Gasteiger partial charge in [0.25, 0.3) is 11.5 Å². The number of para-hydroxylation sites is 2. The minimum atomic E-state index is -0.502. The number of nitrogens with one attached hydrogen (secondary N) is 2. The molecule has 3 aromatic carbocycles. The van der Waals surface area contributed by atoms with Gasteiger partial charge in [-0.05, 0) is 30.3 Å². The third kappa shape index (κ3) is 4.85. The van der Waals surface area contributed by atoms with Crippen LogP contribution in [0.3, 0.4) is 0 Å². The van der Waals surface area contributed by atoms with Crippen LogP contribution in [0.5, 0.6) is 17.2 Å². The number of anilines is 1. The first kappa shape index (κ1) is 24.3. The molecule has 0 bridgehead atoms. The molecule has 0 spiro atoms. The molecule has 9 heteroatoms. The van der Waals surface area contributed by atoms with Gasteiger partial charge in [-0.3, -0.25) is 19.0 Å². The van der Waals surface area contributed by atoms with Gasteiger partial charge >= 0.3 is 0 Å². The van der Waals surface area contributed by atoms with Crippen LogP contribution in [-0.2, 0) is 4.79 Å². The second-order valence-corrected chi connectivity index (χ2v) is 7.74. The fraction of sp³-hybridized carbons (Fsp3) is 0.148. The van der Waals surface area contributed by atoms with E-state index in [1.807, 2.05) is 0 Å². The van der Waals surface area contributed by atoms with Crippen molar-refractivity contribution in [2.45, 2.75) is 0 Å². The summed E-state index contributed by atoms with van der Waals surface area (Å²) in [4.78, 5) is 38.9. The topological polar surface area (TPSA) is 108 Å². The number of carbonyl (C=O) groups excluding carboxylic acids is 2. The van der Waals surface area contributed by atoms with Crippen molar-refractivity contribution in [1.82, 2.24) is 9.88 Å². The third-order valence-electron chi connectivity index (χ3n) is 5.59. The lowest BCUT2D eigenvalue weighted by Crippen LogP contribution is -2.34. The number of hydrogen-bond acceptors (Lipinski definition) is 6. The maximum atomic E-state index is 13.2. The van der Waals surface area contributed by atoms with Crippen molar-refractivity contribution in [3.05, 3.63) is 88.8 Å². The Bertz CT molecular complexity index is 1490. The summed E-state index contributed by atoms with van der Waals surface area (Å²) in [6, 6.07) is 18.8. The number of benzene rings is 3. The lowest BCUT2D eigenvalue weighted by atomic mass is 10.1. The van der Waals surface area contributed by atoms with Crippen LogP contribution in [0.4, 0.5) is 5.69 Å². The molecular weight excluding hydrogens is 462 g/mol. The smallest absolute Gasteiger partial charge is 0.263 e. The Morgan fingerprint density at radius 3 is 2.19 bits per heavy atom. The van der Waals surface area contributed by atoms with E-state index < -0.39 is 11.8 Å². The van der Waals surface area contributed by atoms with Crippen LogP contribution in [0.2, 0.25) is 0 Å². The maximum Gasteiger partial charge on any atom is 0.263 e. The van der Waals surface area contributed by atoms with Crippen molar-refractivity contribution in [2.24, 2.45) is 0 Å². The number of pyridine rings is 1. The van der Waals surface area contributed by atoms with E-state index in [1.165, 1.54) is 32.1 Å². The normalized spacial score (nSPS) is 10.5. The maximum absolute atomic E-state index is 13.2. The summed E-state index contributed by atoms with van der Waals surface area (Å²) in [5.74, 6) is 0.538. The number of aromatic nitrogens is 1. The summed E-state index contributed by atoms with van der Waals surface area (Å²) >= 11 is 0. The summed E-state index contributed by atoms with van der Waals surface area (Å²) in [5, 5.41) is 6.19. The zero-order valence-corrected chi connectivity index (χ0v) is 20.0. The van der Waals surface area contributed by atoms with Crippen LogP contribution in [0.1, 0.15) is 10.4 Å². The van der Waals surface area contributed by atoms with E-state index in [0.717, 1.165) is 0 Å². The molecule has 1 aromatic heterocycles. The van der Waals surface area contributed by atoms with Crippen molar-refractivity contribution in [2.75, 3.05) is 33.2 Å². The number of ether oxygens (including phenoxy) is 3. The minimum Gasteiger partial charge on any atom is -0.495 e. The highest BCUT2D eigenvalue weighted by molar-refractivity contribution is 6.08. The first-order valence-electron chi connectivity index (χ1n) is 11.0. The van der Waals surface area contributed by atoms with Crippen LogP contribution in [0, 0.1) is 0 Å². The van der Waals surface area contributed by atoms with Gasteiger partial charge in [-0.25, -0.2) is 0 Å². The standard InChI is InChI=1S/C27H25N3O6/c1-34-22-11-7-6-10-21(22)30-16-20(18-8-4-5-9-19(18)27(30)33)26(32)28-15-25(31)29-17-12-13-23(35-2)24(14-17)36-3/h4-14,16H,15H2,1-3H3,(H,28,32)(H,29,31). The molecule has 184 valence electrons. The van der Waals surface area contributed by atoms with E-state index in [1.54, 1.807) is 66.7 Å². The van der Waals surface area contributed by atoms with Crippen molar-refractivity contribution in [3.63, 3.8) is 0 Å². The van der Waals surface area contributed by atoms with Crippen LogP contribution in [-0.4, -0.2) is 44.3 Å². The fourth-order valence-electron chi connectivity index (χ4n) is 3.86. The van der Waals surface area contributed by atoms with E-state index in [4.69, 9.17) is 14.2 Å². The summed E-state index contributed by atoms with van der Waals surface area (Å²) in [5.41, 5.74) is 0.936. The van der Waals surface area contributed by atoms with Crippen molar-refractivity contribution in [1.29, 1.82) is 0 Å². The van der Waals surface area contributed by atoms with Gasteiger partial charge < -0.3 is 24.8 Å². The monoisotopic (exact) mass is 487 g/mol. The molecule has 0 saturated heterocycles. The Balaban J connectivity index is 1.60. The Hall–Kier alpha value is -4.79. The predicted molar refractivity (Wildman–Crippen MR) is 137 cm³/mol. The molecule has 0 fully saturated rings. The lowest BCUT2D eigenvalue weighted by molar-refractivity contribution is -0.115. The molecule has 4 rings (SSSR count). The molecule has 1 heterocycles. The number of carbonyl (C=O) groups is 2. The van der Waals surface area contributed by atoms with Gasteiger partial charge in [0, 0.05) is 28.7 Å². The molecular formula is C27H25N3O6. The molecule has 0 saturated carbocycles. The molecule has 0 radical (unpaired) electrons. The minimum absolute atomic E-state index is 0.245. The first-order chi connectivity index (χ1) is 17.5. The second-order valence-electron chi connectivity index (χ2n) is 7.74. The van der Waals surface area contributed by atoms with Gasteiger partial charge in [-0.15, -0.1) is 0 Å². The van der Waals surface area contributed by atoms with E-state index in [-0.39, 0.29) is 17.7 Å². The zero-order chi connectivity index (χ0) is 25.7. The Labute approximate surface area is 207 Å². The molecule has 0 aliphatic carbocycles. The van der Waals surface area contributed by atoms with Gasteiger partial charge in [0.2, 0.25) is 5.91 Å². The molecule has 36 heavy (non-hydrogen) atoms. The molecule has 4 aromatic rings. The molecule has 0 unspecified atom stereocenters. The van der Waals surface area contributed by atoms with Gasteiger partial charge in [0.05, 0.1) is 39.1 Å². The number of methoxy groups -OCH3 is 3. The predicted octanol–water partition coefficient (Wildman–Crippen LogP) is 3.39. The van der Waals surface area contributed by atoms with Gasteiger partial charge in [0.1, 0.15) is 5.75 Å². The number of hydrogen-bond donors (Lipinski definition) is 2. The summed E-state index contributed by atoms with van der Waals surface area (Å²) in [7, 11) is 4.53. The molecule has 2 amide bonds. The molecule has 0 atom stereocenters. The summed E-state index contributed by atoms with van der Waals surface area (Å²) in [6.45, 7) is -0.282. The SMILES string of the molecule is COc1ccc(NC(=O)CNC(=O)c2cn(-c3ccccc3OC)c(=O)c3ccccc23)cc1OC. The average Bonchev–Trinajstić information content (AvgIpc) is 2.92. The first-order valence-corrected chi connectivity index (χ1v) is 11.0. The summed E-state index contributed by atoms with van der Waals surface area (Å²) < 4.78 is 17.2. The van der Waals surface area contributed by atoms with Gasteiger partial charge in [-0.2, -0.15) is 0 Å².